The van der Waals surface area contributed by atoms with E-state index in [1.54, 1.807) is 14.1 Å². The average molecular weight is 195 g/mol. The fourth-order valence-corrected chi connectivity index (χ4v) is 2.01. The highest BCUT2D eigenvalue weighted by Gasteiger charge is 2.45. The van der Waals surface area contributed by atoms with Crippen molar-refractivity contribution in [1.29, 1.82) is 0 Å². The van der Waals surface area contributed by atoms with Gasteiger partial charge in [0, 0.05) is 20.5 Å². The smallest absolute Gasteiger partial charge is 0.253 e. The van der Waals surface area contributed by atoms with Crippen LogP contribution < -0.4 is 0 Å². The summed E-state index contributed by atoms with van der Waals surface area (Å²) in [5.41, 5.74) is 0. The van der Waals surface area contributed by atoms with E-state index < -0.39 is 0 Å². The number of nitrogens with zero attached hydrogens (tertiary/aromatic N) is 3. The third-order valence-electron chi connectivity index (χ3n) is 2.90. The molecule has 2 atom stereocenters. The molecule has 0 aromatic rings. The first-order valence-corrected chi connectivity index (χ1v) is 4.65. The SMILES string of the molecule is CC1CC(=O)N(C)C2=NN(C)C(=O)C21. The summed E-state index contributed by atoms with van der Waals surface area (Å²) in [6.07, 6.45) is 0.430. The van der Waals surface area contributed by atoms with E-state index in [2.05, 4.69) is 5.10 Å². The maximum atomic E-state index is 11.7. The molecule has 2 unspecified atom stereocenters. The van der Waals surface area contributed by atoms with Gasteiger partial charge in [0.05, 0.1) is 0 Å². The summed E-state index contributed by atoms with van der Waals surface area (Å²) < 4.78 is 0. The first-order chi connectivity index (χ1) is 6.52. The maximum absolute atomic E-state index is 11.7. The van der Waals surface area contributed by atoms with Crippen LogP contribution in [0.5, 0.6) is 0 Å². The normalized spacial score (nSPS) is 32.1. The highest BCUT2D eigenvalue weighted by atomic mass is 16.2. The lowest BCUT2D eigenvalue weighted by atomic mass is 9.85. The minimum atomic E-state index is -0.220. The van der Waals surface area contributed by atoms with E-state index in [1.165, 1.54) is 9.91 Å². The molecule has 0 N–H and O–H groups in total. The lowest BCUT2D eigenvalue weighted by molar-refractivity contribution is -0.134. The Morgan fingerprint density at radius 3 is 2.64 bits per heavy atom. The molecule has 1 fully saturated rings. The number of hydrogen-bond acceptors (Lipinski definition) is 3. The number of amidine groups is 1. The van der Waals surface area contributed by atoms with Gasteiger partial charge in [0.2, 0.25) is 5.91 Å². The maximum Gasteiger partial charge on any atom is 0.253 e. The molecule has 2 aliphatic heterocycles. The van der Waals surface area contributed by atoms with Gasteiger partial charge in [-0.05, 0) is 5.92 Å². The molecule has 2 aliphatic rings. The van der Waals surface area contributed by atoms with Crippen molar-refractivity contribution in [3.05, 3.63) is 0 Å². The highest BCUT2D eigenvalue weighted by Crippen LogP contribution is 2.30. The molecule has 0 radical (unpaired) electrons. The van der Waals surface area contributed by atoms with Gasteiger partial charge in [-0.1, -0.05) is 6.92 Å². The van der Waals surface area contributed by atoms with Crippen LogP contribution in [0.15, 0.2) is 5.10 Å². The summed E-state index contributed by atoms with van der Waals surface area (Å²) in [5.74, 6) is 0.473. The Morgan fingerprint density at radius 2 is 2.00 bits per heavy atom. The molecule has 0 aliphatic carbocycles. The second kappa shape index (κ2) is 2.80. The van der Waals surface area contributed by atoms with E-state index in [0.29, 0.717) is 12.3 Å². The molecular formula is C9H13N3O2. The Hall–Kier alpha value is -1.39. The number of amides is 2. The van der Waals surface area contributed by atoms with Gasteiger partial charge < -0.3 is 4.90 Å². The third kappa shape index (κ3) is 1.05. The number of carbonyl (C=O) groups excluding carboxylic acids is 2. The standard InChI is InChI=1S/C9H13N3O2/c1-5-4-6(13)11(2)8-7(5)9(14)12(3)10-8/h5,7H,4H2,1-3H3. The lowest BCUT2D eigenvalue weighted by Gasteiger charge is -2.30. The van der Waals surface area contributed by atoms with Crippen LogP contribution >= 0.6 is 0 Å². The number of piperidine rings is 1. The largest absolute Gasteiger partial charge is 0.301 e. The molecular weight excluding hydrogens is 182 g/mol. The zero-order valence-corrected chi connectivity index (χ0v) is 8.52. The lowest BCUT2D eigenvalue weighted by Crippen LogP contribution is -2.47. The predicted molar refractivity (Wildman–Crippen MR) is 50.2 cm³/mol. The Labute approximate surface area is 82.4 Å². The van der Waals surface area contributed by atoms with Crippen molar-refractivity contribution in [3.63, 3.8) is 0 Å². The van der Waals surface area contributed by atoms with Crippen LogP contribution in [-0.4, -0.2) is 41.7 Å². The molecule has 2 heterocycles. The first kappa shape index (κ1) is 9.18. The number of carbonyl (C=O) groups is 2. The fraction of sp³-hybridized carbons (Fsp3) is 0.667. The Morgan fingerprint density at radius 1 is 1.36 bits per heavy atom. The summed E-state index contributed by atoms with van der Waals surface area (Å²) in [4.78, 5) is 24.6. The van der Waals surface area contributed by atoms with Crippen molar-refractivity contribution in [2.75, 3.05) is 14.1 Å². The molecule has 5 nitrogen and oxygen atoms in total. The van der Waals surface area contributed by atoms with E-state index in [9.17, 15) is 9.59 Å². The van der Waals surface area contributed by atoms with Crippen molar-refractivity contribution >= 4 is 17.6 Å². The minimum Gasteiger partial charge on any atom is -0.301 e. The Kier molecular flexibility index (Phi) is 1.83. The van der Waals surface area contributed by atoms with E-state index in [4.69, 9.17) is 0 Å². The molecule has 0 bridgehead atoms. The van der Waals surface area contributed by atoms with E-state index in [-0.39, 0.29) is 23.7 Å². The average Bonchev–Trinajstić information content (AvgIpc) is 2.40. The summed E-state index contributed by atoms with van der Waals surface area (Å²) in [7, 11) is 3.30. The summed E-state index contributed by atoms with van der Waals surface area (Å²) in [6.45, 7) is 1.92. The van der Waals surface area contributed by atoms with Gasteiger partial charge in [-0.25, -0.2) is 5.01 Å². The summed E-state index contributed by atoms with van der Waals surface area (Å²) in [6, 6.07) is 0. The second-order valence-electron chi connectivity index (χ2n) is 3.93. The molecule has 0 aromatic carbocycles. The van der Waals surface area contributed by atoms with Crippen molar-refractivity contribution in [1.82, 2.24) is 9.91 Å². The Bertz CT molecular complexity index is 337. The van der Waals surface area contributed by atoms with Gasteiger partial charge >= 0.3 is 0 Å². The number of likely N-dealkylation sites (tertiary alicyclic amines) is 1. The molecule has 0 spiro atoms. The van der Waals surface area contributed by atoms with E-state index in [1.807, 2.05) is 6.92 Å². The highest BCUT2D eigenvalue weighted by molar-refractivity contribution is 6.14. The van der Waals surface area contributed by atoms with Gasteiger partial charge in [-0.15, -0.1) is 0 Å². The van der Waals surface area contributed by atoms with Crippen LogP contribution in [0.4, 0.5) is 0 Å². The van der Waals surface area contributed by atoms with Gasteiger partial charge in [0.15, 0.2) is 0 Å². The summed E-state index contributed by atoms with van der Waals surface area (Å²) >= 11 is 0. The van der Waals surface area contributed by atoms with Gasteiger partial charge in [-0.2, -0.15) is 5.10 Å². The van der Waals surface area contributed by atoms with Crippen molar-refractivity contribution in [3.8, 4) is 0 Å². The fourth-order valence-electron chi connectivity index (χ4n) is 2.01. The number of hydrogen-bond donors (Lipinski definition) is 0. The number of fused-ring (bicyclic) bond motifs is 1. The minimum absolute atomic E-state index is 0.00755. The monoisotopic (exact) mass is 195 g/mol. The summed E-state index contributed by atoms with van der Waals surface area (Å²) in [5, 5.41) is 5.40. The number of rotatable bonds is 0. The molecule has 2 amide bonds. The van der Waals surface area contributed by atoms with Gasteiger partial charge in [-0.3, -0.25) is 9.59 Å². The molecule has 0 saturated carbocycles. The van der Waals surface area contributed by atoms with Crippen molar-refractivity contribution in [2.24, 2.45) is 16.9 Å². The number of hydrazone groups is 1. The van der Waals surface area contributed by atoms with Crippen LogP contribution in [0, 0.1) is 11.8 Å². The zero-order chi connectivity index (χ0) is 10.5. The molecule has 1 saturated heterocycles. The molecule has 5 heteroatoms. The van der Waals surface area contributed by atoms with Gasteiger partial charge in [0.25, 0.3) is 5.91 Å². The molecule has 2 rings (SSSR count). The first-order valence-electron chi connectivity index (χ1n) is 4.65. The molecule has 0 aromatic heterocycles. The second-order valence-corrected chi connectivity index (χ2v) is 3.93. The third-order valence-corrected chi connectivity index (χ3v) is 2.90. The van der Waals surface area contributed by atoms with Crippen LogP contribution in [0.3, 0.4) is 0 Å². The quantitative estimate of drug-likeness (QED) is 0.541. The molecule has 14 heavy (non-hydrogen) atoms. The van der Waals surface area contributed by atoms with Crippen LogP contribution in [0.25, 0.3) is 0 Å². The zero-order valence-electron chi connectivity index (χ0n) is 8.52. The molecule has 76 valence electrons. The van der Waals surface area contributed by atoms with Crippen molar-refractivity contribution < 1.29 is 9.59 Å². The van der Waals surface area contributed by atoms with Crippen LogP contribution in [0.1, 0.15) is 13.3 Å². The topological polar surface area (TPSA) is 53.0 Å². The van der Waals surface area contributed by atoms with Crippen LogP contribution in [-0.2, 0) is 9.59 Å². The van der Waals surface area contributed by atoms with Gasteiger partial charge in [0.1, 0.15) is 11.8 Å². The van der Waals surface area contributed by atoms with Crippen LogP contribution in [0.2, 0.25) is 0 Å². The van der Waals surface area contributed by atoms with Crippen molar-refractivity contribution in [2.45, 2.75) is 13.3 Å². The predicted octanol–water partition coefficient (Wildman–Crippen LogP) is -0.114. The van der Waals surface area contributed by atoms with E-state index >= 15 is 0 Å². The Balaban J connectivity index is 2.38. The van der Waals surface area contributed by atoms with E-state index in [0.717, 1.165) is 0 Å².